The Bertz CT molecular complexity index is 1570. The number of nitrogens with zero attached hydrogens (tertiary/aromatic N) is 1. The molecule has 0 fully saturated rings. The maximum Gasteiger partial charge on any atom is 0.251 e. The van der Waals surface area contributed by atoms with Gasteiger partial charge in [-0.2, -0.15) is 4.98 Å². The molecule has 0 saturated carbocycles. The molecule has 0 N–H and O–H groups in total. The van der Waals surface area contributed by atoms with Crippen LogP contribution in [-0.4, -0.2) is 4.98 Å². The molecule has 0 aliphatic heterocycles. The average Bonchev–Trinajstić information content (AvgIpc) is 3.40. The van der Waals surface area contributed by atoms with Crippen LogP contribution in [0.25, 0.3) is 11.5 Å². The summed E-state index contributed by atoms with van der Waals surface area (Å²) < 4.78 is 6.73. The first-order valence-corrected chi connectivity index (χ1v) is 15.6. The summed E-state index contributed by atoms with van der Waals surface area (Å²) >= 11 is 1.65. The summed E-state index contributed by atoms with van der Waals surface area (Å²) in [4.78, 5) is 6.51. The average molecular weight is 543 g/mol. The molecular formula is C35H29NOPS+. The van der Waals surface area contributed by atoms with Gasteiger partial charge in [-0.05, 0) is 86.3 Å². The highest BCUT2D eigenvalue weighted by Gasteiger charge is 2.53. The number of aromatic nitrogens is 1. The Morgan fingerprint density at radius 2 is 0.974 bits per heavy atom. The standard InChI is InChI=1S/C35H29NOPS/c1-26-18-22-28(23-19-26)33-36-34(35(37-33)39-32-24-20-27(2)21-25-32)38(29-12-6-3-7-13-29,30-14-8-4-9-15-30)31-16-10-5-11-17-31/h3-25H,1-2H3/q+1. The van der Waals surface area contributed by atoms with Gasteiger partial charge in [0.05, 0.1) is 0 Å². The normalized spacial score (nSPS) is 11.4. The second-order valence-corrected chi connectivity index (χ2v) is 13.9. The van der Waals surface area contributed by atoms with Crippen molar-refractivity contribution in [2.75, 3.05) is 0 Å². The van der Waals surface area contributed by atoms with Gasteiger partial charge >= 0.3 is 0 Å². The molecule has 0 aliphatic carbocycles. The van der Waals surface area contributed by atoms with E-state index in [0.717, 1.165) is 21.0 Å². The van der Waals surface area contributed by atoms with E-state index < -0.39 is 7.26 Å². The van der Waals surface area contributed by atoms with Crippen LogP contribution in [0.15, 0.2) is 154 Å². The van der Waals surface area contributed by atoms with Crippen LogP contribution in [0.4, 0.5) is 0 Å². The first kappa shape index (κ1) is 25.4. The monoisotopic (exact) mass is 542 g/mol. The number of hydrogen-bond acceptors (Lipinski definition) is 3. The van der Waals surface area contributed by atoms with Gasteiger partial charge in [0.1, 0.15) is 15.9 Å². The summed E-state index contributed by atoms with van der Waals surface area (Å²) in [6.07, 6.45) is 0. The topological polar surface area (TPSA) is 26.0 Å². The van der Waals surface area contributed by atoms with Crippen LogP contribution in [0, 0.1) is 13.8 Å². The predicted molar refractivity (Wildman–Crippen MR) is 167 cm³/mol. The predicted octanol–water partition coefficient (Wildman–Crippen LogP) is 7.73. The smallest absolute Gasteiger partial charge is 0.251 e. The van der Waals surface area contributed by atoms with Crippen LogP contribution in [0.2, 0.25) is 0 Å². The van der Waals surface area contributed by atoms with Gasteiger partial charge in [0.2, 0.25) is 11.0 Å². The number of rotatable bonds is 7. The highest BCUT2D eigenvalue weighted by molar-refractivity contribution is 8.04. The molecule has 5 aromatic carbocycles. The Hall–Kier alpha value is -3.91. The molecule has 1 heterocycles. The SMILES string of the molecule is Cc1ccc(Sc2oc(-c3ccc(C)cc3)nc2[P+](c2ccccc2)(c2ccccc2)c2ccccc2)cc1. The molecule has 0 radical (unpaired) electrons. The Morgan fingerprint density at radius 3 is 1.44 bits per heavy atom. The molecule has 39 heavy (non-hydrogen) atoms. The zero-order chi connectivity index (χ0) is 26.7. The lowest BCUT2D eigenvalue weighted by atomic mass is 10.1. The van der Waals surface area contributed by atoms with Gasteiger partial charge < -0.3 is 4.42 Å². The fraction of sp³-hybridized carbons (Fsp3) is 0.0571. The van der Waals surface area contributed by atoms with E-state index in [1.165, 1.54) is 27.0 Å². The molecule has 0 aliphatic rings. The van der Waals surface area contributed by atoms with Crippen LogP contribution in [0.1, 0.15) is 11.1 Å². The third kappa shape index (κ3) is 4.96. The molecule has 0 saturated heterocycles. The zero-order valence-electron chi connectivity index (χ0n) is 22.0. The molecule has 0 bridgehead atoms. The van der Waals surface area contributed by atoms with E-state index in [4.69, 9.17) is 9.40 Å². The van der Waals surface area contributed by atoms with E-state index in [1.807, 2.05) is 0 Å². The van der Waals surface area contributed by atoms with Crippen molar-refractivity contribution in [2.24, 2.45) is 0 Å². The number of hydrogen-bond donors (Lipinski definition) is 0. The minimum atomic E-state index is -2.42. The number of oxazole rings is 1. The van der Waals surface area contributed by atoms with Gasteiger partial charge in [-0.15, -0.1) is 0 Å². The highest BCUT2D eigenvalue weighted by atomic mass is 32.2. The largest absolute Gasteiger partial charge is 0.425 e. The Morgan fingerprint density at radius 1 is 0.538 bits per heavy atom. The summed E-state index contributed by atoms with van der Waals surface area (Å²) in [7, 11) is -2.42. The minimum Gasteiger partial charge on any atom is -0.425 e. The zero-order valence-corrected chi connectivity index (χ0v) is 23.7. The lowest BCUT2D eigenvalue weighted by Gasteiger charge is -2.25. The lowest BCUT2D eigenvalue weighted by molar-refractivity contribution is 0.487. The van der Waals surface area contributed by atoms with Crippen molar-refractivity contribution in [3.05, 3.63) is 151 Å². The molecule has 2 nitrogen and oxygen atoms in total. The number of benzene rings is 5. The molecule has 0 unspecified atom stereocenters. The molecule has 190 valence electrons. The van der Waals surface area contributed by atoms with Gasteiger partial charge in [-0.3, -0.25) is 0 Å². The van der Waals surface area contributed by atoms with E-state index in [2.05, 4.69) is 153 Å². The molecule has 1 aromatic heterocycles. The van der Waals surface area contributed by atoms with Gasteiger partial charge in [0.15, 0.2) is 7.26 Å². The summed E-state index contributed by atoms with van der Waals surface area (Å²) in [6, 6.07) is 49.5. The third-order valence-electron chi connectivity index (χ3n) is 6.86. The Kier molecular flexibility index (Phi) is 7.20. The van der Waals surface area contributed by atoms with Crippen molar-refractivity contribution >= 4 is 40.4 Å². The van der Waals surface area contributed by atoms with Crippen LogP contribution >= 0.6 is 19.0 Å². The fourth-order valence-electron chi connectivity index (χ4n) is 4.88. The molecular weight excluding hydrogens is 513 g/mol. The van der Waals surface area contributed by atoms with Crippen LogP contribution in [0.3, 0.4) is 0 Å². The molecule has 0 spiro atoms. The fourth-order valence-corrected chi connectivity index (χ4v) is 10.2. The maximum absolute atomic E-state index is 6.73. The van der Waals surface area contributed by atoms with Crippen molar-refractivity contribution < 1.29 is 4.42 Å². The quantitative estimate of drug-likeness (QED) is 0.193. The third-order valence-corrected chi connectivity index (χ3v) is 12.1. The van der Waals surface area contributed by atoms with Crippen molar-refractivity contribution in [1.82, 2.24) is 4.98 Å². The molecule has 0 amide bonds. The highest BCUT2D eigenvalue weighted by Crippen LogP contribution is 2.56. The summed E-state index contributed by atoms with van der Waals surface area (Å²) in [6.45, 7) is 4.21. The molecule has 0 atom stereocenters. The summed E-state index contributed by atoms with van der Waals surface area (Å²) in [5.74, 6) is 0.645. The van der Waals surface area contributed by atoms with Crippen LogP contribution in [0.5, 0.6) is 0 Å². The maximum atomic E-state index is 6.73. The van der Waals surface area contributed by atoms with Gasteiger partial charge in [-0.25, -0.2) is 0 Å². The second-order valence-electron chi connectivity index (χ2n) is 9.59. The van der Waals surface area contributed by atoms with Crippen LogP contribution in [-0.2, 0) is 0 Å². The molecule has 6 aromatic rings. The summed E-state index contributed by atoms with van der Waals surface area (Å²) in [5.41, 5.74) is 4.41. The van der Waals surface area contributed by atoms with Crippen LogP contribution < -0.4 is 21.3 Å². The first-order chi connectivity index (χ1) is 19.1. The second kappa shape index (κ2) is 11.1. The van der Waals surface area contributed by atoms with Crippen molar-refractivity contribution in [3.8, 4) is 11.5 Å². The minimum absolute atomic E-state index is 0.645. The van der Waals surface area contributed by atoms with Gasteiger partial charge in [0.25, 0.3) is 5.44 Å². The van der Waals surface area contributed by atoms with E-state index in [9.17, 15) is 0 Å². The van der Waals surface area contributed by atoms with Crippen molar-refractivity contribution in [3.63, 3.8) is 0 Å². The van der Waals surface area contributed by atoms with E-state index >= 15 is 0 Å². The Labute approximate surface area is 235 Å². The lowest BCUT2D eigenvalue weighted by Crippen LogP contribution is -2.40. The van der Waals surface area contributed by atoms with Crippen molar-refractivity contribution in [2.45, 2.75) is 23.8 Å². The Balaban J connectivity index is 1.68. The van der Waals surface area contributed by atoms with E-state index in [0.29, 0.717) is 5.89 Å². The molecule has 4 heteroatoms. The van der Waals surface area contributed by atoms with Crippen molar-refractivity contribution in [1.29, 1.82) is 0 Å². The first-order valence-electron chi connectivity index (χ1n) is 13.0. The molecule has 6 rings (SSSR count). The number of aryl methyl sites for hydroxylation is 2. The van der Waals surface area contributed by atoms with Gasteiger partial charge in [-0.1, -0.05) is 90.0 Å². The van der Waals surface area contributed by atoms with E-state index in [1.54, 1.807) is 11.8 Å². The van der Waals surface area contributed by atoms with Gasteiger partial charge in [0, 0.05) is 10.5 Å². The van der Waals surface area contributed by atoms with E-state index in [-0.39, 0.29) is 0 Å². The summed E-state index contributed by atoms with van der Waals surface area (Å²) in [5, 5.41) is 4.57.